The van der Waals surface area contributed by atoms with E-state index in [-0.39, 0.29) is 11.9 Å². The van der Waals surface area contributed by atoms with Gasteiger partial charge in [0.1, 0.15) is 6.61 Å². The van der Waals surface area contributed by atoms with Crippen molar-refractivity contribution in [3.8, 4) is 0 Å². The zero-order chi connectivity index (χ0) is 18.7. The fraction of sp³-hybridized carbons (Fsp3) is 0.611. The molecule has 1 aromatic carbocycles. The second kappa shape index (κ2) is 12.6. The molecular weight excluding hydrogens is 380 g/mol. The van der Waals surface area contributed by atoms with Gasteiger partial charge in [0.25, 0.3) is 0 Å². The van der Waals surface area contributed by atoms with Gasteiger partial charge in [-0.3, -0.25) is 8.42 Å². The van der Waals surface area contributed by atoms with E-state index >= 15 is 0 Å². The Labute approximate surface area is 160 Å². The Morgan fingerprint density at radius 2 is 1.68 bits per heavy atom. The lowest BCUT2D eigenvalue weighted by Crippen LogP contribution is -2.31. The first-order chi connectivity index (χ1) is 12.0. The van der Waals surface area contributed by atoms with Crippen molar-refractivity contribution < 1.29 is 17.9 Å². The standard InChI is InChI=1S/C18H27ClO4S2/c1-3-5-11-24(21)14-17(25(22)12-6-4-2)13-23-18(20)15-7-9-16(19)10-8-15/h7-10,17H,3-6,11-14H2,1-2H3/t17-,24-,25-/m0/s1. The van der Waals surface area contributed by atoms with Gasteiger partial charge >= 0.3 is 5.97 Å². The van der Waals surface area contributed by atoms with Crippen molar-refractivity contribution in [2.24, 2.45) is 0 Å². The highest BCUT2D eigenvalue weighted by Gasteiger charge is 2.22. The van der Waals surface area contributed by atoms with Crippen LogP contribution < -0.4 is 0 Å². The lowest BCUT2D eigenvalue weighted by Gasteiger charge is -2.16. The molecule has 25 heavy (non-hydrogen) atoms. The third kappa shape index (κ3) is 8.97. The van der Waals surface area contributed by atoms with Gasteiger partial charge < -0.3 is 4.74 Å². The highest BCUT2D eigenvalue weighted by Crippen LogP contribution is 2.12. The fourth-order valence-electron chi connectivity index (χ4n) is 2.09. The van der Waals surface area contributed by atoms with Crippen molar-refractivity contribution in [1.29, 1.82) is 0 Å². The van der Waals surface area contributed by atoms with Crippen LogP contribution in [0.3, 0.4) is 0 Å². The van der Waals surface area contributed by atoms with E-state index in [2.05, 4.69) is 0 Å². The summed E-state index contributed by atoms with van der Waals surface area (Å²) in [5.41, 5.74) is 0.398. The summed E-state index contributed by atoms with van der Waals surface area (Å²) in [6.45, 7) is 4.10. The van der Waals surface area contributed by atoms with E-state index in [0.717, 1.165) is 25.7 Å². The van der Waals surface area contributed by atoms with E-state index in [1.165, 1.54) is 0 Å². The normalized spacial score (nSPS) is 14.7. The highest BCUT2D eigenvalue weighted by molar-refractivity contribution is 7.89. The van der Waals surface area contributed by atoms with E-state index in [1.54, 1.807) is 24.3 Å². The molecule has 0 aromatic heterocycles. The molecule has 0 aliphatic carbocycles. The maximum atomic E-state index is 12.5. The van der Waals surface area contributed by atoms with Crippen molar-refractivity contribution in [2.45, 2.75) is 44.8 Å². The second-order valence-electron chi connectivity index (χ2n) is 5.83. The number of benzene rings is 1. The van der Waals surface area contributed by atoms with Crippen LogP contribution in [0.4, 0.5) is 0 Å². The second-order valence-corrected chi connectivity index (χ2v) is 9.72. The summed E-state index contributed by atoms with van der Waals surface area (Å²) in [5, 5.41) is 0.155. The van der Waals surface area contributed by atoms with E-state index < -0.39 is 27.6 Å². The van der Waals surface area contributed by atoms with Crippen LogP contribution in [0, 0.1) is 0 Å². The lowest BCUT2D eigenvalue weighted by molar-refractivity contribution is 0.0510. The van der Waals surface area contributed by atoms with Crippen LogP contribution in [0.5, 0.6) is 0 Å². The van der Waals surface area contributed by atoms with Crippen LogP contribution in [0.1, 0.15) is 49.9 Å². The monoisotopic (exact) mass is 406 g/mol. The van der Waals surface area contributed by atoms with Crippen LogP contribution in [-0.4, -0.2) is 43.5 Å². The van der Waals surface area contributed by atoms with Gasteiger partial charge in [0, 0.05) is 43.9 Å². The van der Waals surface area contributed by atoms with Crippen LogP contribution in [-0.2, 0) is 26.3 Å². The molecule has 3 atom stereocenters. The van der Waals surface area contributed by atoms with Crippen LogP contribution >= 0.6 is 11.6 Å². The summed E-state index contributed by atoms with van der Waals surface area (Å²) in [7, 11) is -2.19. The van der Waals surface area contributed by atoms with Crippen LogP contribution in [0.15, 0.2) is 24.3 Å². The Hall–Kier alpha value is -0.720. The smallest absolute Gasteiger partial charge is 0.338 e. The van der Waals surface area contributed by atoms with E-state index in [9.17, 15) is 13.2 Å². The number of unbranched alkanes of at least 4 members (excludes halogenated alkanes) is 2. The molecule has 0 amide bonds. The fourth-order valence-corrected chi connectivity index (χ4v) is 5.69. The highest BCUT2D eigenvalue weighted by atomic mass is 35.5. The van der Waals surface area contributed by atoms with Gasteiger partial charge in [-0.1, -0.05) is 38.3 Å². The lowest BCUT2D eigenvalue weighted by atomic mass is 10.2. The minimum atomic E-state index is -1.15. The van der Waals surface area contributed by atoms with Crippen molar-refractivity contribution >= 4 is 39.2 Å². The average Bonchev–Trinajstić information content (AvgIpc) is 2.61. The number of carbonyl (C=O) groups excluding carboxylic acids is 1. The molecule has 7 heteroatoms. The number of hydrogen-bond acceptors (Lipinski definition) is 4. The predicted molar refractivity (Wildman–Crippen MR) is 106 cm³/mol. The van der Waals surface area contributed by atoms with Gasteiger partial charge in [0.2, 0.25) is 0 Å². The number of hydrogen-bond donors (Lipinski definition) is 0. The quantitative estimate of drug-likeness (QED) is 0.493. The molecule has 4 nitrogen and oxygen atoms in total. The largest absolute Gasteiger partial charge is 0.461 e. The number of carbonyl (C=O) groups is 1. The first-order valence-corrected chi connectivity index (χ1v) is 11.9. The van der Waals surface area contributed by atoms with E-state index in [4.69, 9.17) is 16.3 Å². The molecule has 1 rings (SSSR count). The summed E-state index contributed by atoms with van der Waals surface area (Å²) in [6, 6.07) is 6.42. The number of ether oxygens (including phenoxy) is 1. The molecule has 0 aliphatic rings. The van der Waals surface area contributed by atoms with Gasteiger partial charge in [0.15, 0.2) is 0 Å². The van der Waals surface area contributed by atoms with Gasteiger partial charge in [-0.25, -0.2) is 4.79 Å². The first-order valence-electron chi connectivity index (χ1n) is 8.62. The Kier molecular flexibility index (Phi) is 11.3. The van der Waals surface area contributed by atoms with Crippen molar-refractivity contribution in [3.63, 3.8) is 0 Å². The third-order valence-corrected chi connectivity index (χ3v) is 7.37. The van der Waals surface area contributed by atoms with Gasteiger partial charge in [0.05, 0.1) is 10.8 Å². The molecule has 0 heterocycles. The molecule has 0 N–H and O–H groups in total. The number of halogens is 1. The van der Waals surface area contributed by atoms with Crippen molar-refractivity contribution in [3.05, 3.63) is 34.9 Å². The zero-order valence-corrected chi connectivity index (χ0v) is 17.3. The predicted octanol–water partition coefficient (Wildman–Crippen LogP) is 3.96. The first kappa shape index (κ1) is 22.3. The summed E-state index contributed by atoms with van der Waals surface area (Å²) < 4.78 is 30.0. The molecule has 0 saturated heterocycles. The molecule has 0 fully saturated rings. The van der Waals surface area contributed by atoms with Gasteiger partial charge in [-0.2, -0.15) is 0 Å². The zero-order valence-electron chi connectivity index (χ0n) is 14.9. The molecule has 142 valence electrons. The molecule has 0 bridgehead atoms. The van der Waals surface area contributed by atoms with Crippen LogP contribution in [0.2, 0.25) is 5.02 Å². The molecular formula is C18H27ClO4S2. The van der Waals surface area contributed by atoms with Crippen molar-refractivity contribution in [1.82, 2.24) is 0 Å². The number of esters is 1. The summed E-state index contributed by atoms with van der Waals surface area (Å²) in [6.07, 6.45) is 3.64. The Balaban J connectivity index is 2.64. The van der Waals surface area contributed by atoms with Crippen molar-refractivity contribution in [2.75, 3.05) is 23.9 Å². The maximum absolute atomic E-state index is 12.5. The molecule has 1 aromatic rings. The van der Waals surface area contributed by atoms with Gasteiger partial charge in [-0.15, -0.1) is 0 Å². The Bertz CT molecular complexity index is 575. The summed E-state index contributed by atoms with van der Waals surface area (Å²) >= 11 is 5.81. The van der Waals surface area contributed by atoms with E-state index in [1.807, 2.05) is 13.8 Å². The average molecular weight is 407 g/mol. The Morgan fingerprint density at radius 1 is 1.08 bits per heavy atom. The minimum Gasteiger partial charge on any atom is -0.461 e. The Morgan fingerprint density at radius 3 is 2.28 bits per heavy atom. The number of rotatable bonds is 12. The maximum Gasteiger partial charge on any atom is 0.338 e. The van der Waals surface area contributed by atoms with Crippen LogP contribution in [0.25, 0.3) is 0 Å². The third-order valence-electron chi connectivity index (χ3n) is 3.65. The molecule has 0 spiro atoms. The molecule has 0 radical (unpaired) electrons. The minimum absolute atomic E-state index is 0.0235. The topological polar surface area (TPSA) is 60.4 Å². The molecule has 0 unspecified atom stereocenters. The summed E-state index contributed by atoms with van der Waals surface area (Å²) in [5.74, 6) is 0.978. The van der Waals surface area contributed by atoms with E-state index in [0.29, 0.717) is 27.8 Å². The summed E-state index contributed by atoms with van der Waals surface area (Å²) in [4.78, 5) is 12.1. The van der Waals surface area contributed by atoms with Gasteiger partial charge in [-0.05, 0) is 37.1 Å². The SMILES string of the molecule is CCCC[S@](=O)C[C@H](COC(=O)c1ccc(Cl)cc1)[S@@](=O)CCCC. The molecule has 0 aliphatic heterocycles. The molecule has 0 saturated carbocycles.